The molecule has 2 rings (SSSR count). The Balaban J connectivity index is 1.71. The van der Waals surface area contributed by atoms with Crippen molar-refractivity contribution in [2.45, 2.75) is 19.6 Å². The number of benzene rings is 2. The molecule has 0 saturated carbocycles. The van der Waals surface area contributed by atoms with Gasteiger partial charge in [0.05, 0.1) is 12.3 Å². The average molecular weight is 377 g/mol. The quantitative estimate of drug-likeness (QED) is 0.769. The highest BCUT2D eigenvalue weighted by atomic mass is 35.5. The molecule has 6 heteroatoms. The van der Waals surface area contributed by atoms with E-state index in [-0.39, 0.29) is 18.4 Å². The lowest BCUT2D eigenvalue weighted by Crippen LogP contribution is -2.34. The summed E-state index contributed by atoms with van der Waals surface area (Å²) >= 11 is 7.41. The van der Waals surface area contributed by atoms with E-state index in [4.69, 9.17) is 11.6 Å². The number of carbonyl (C=O) groups excluding carboxylic acids is 2. The number of carbonyl (C=O) groups is 2. The number of hydrogen-bond acceptors (Lipinski definition) is 3. The van der Waals surface area contributed by atoms with Gasteiger partial charge in [-0.3, -0.25) is 9.59 Å². The van der Waals surface area contributed by atoms with E-state index in [9.17, 15) is 9.59 Å². The van der Waals surface area contributed by atoms with Crippen molar-refractivity contribution in [2.24, 2.45) is 0 Å². The second-order valence-electron chi connectivity index (χ2n) is 5.71. The van der Waals surface area contributed by atoms with Crippen molar-refractivity contribution in [3.63, 3.8) is 0 Å². The number of aryl methyl sites for hydroxylation is 2. The van der Waals surface area contributed by atoms with E-state index < -0.39 is 0 Å². The summed E-state index contributed by atoms with van der Waals surface area (Å²) in [5, 5.41) is 6.17. The molecule has 4 nitrogen and oxygen atoms in total. The third-order valence-electron chi connectivity index (χ3n) is 3.58. The van der Waals surface area contributed by atoms with Crippen molar-refractivity contribution in [1.82, 2.24) is 5.32 Å². The highest BCUT2D eigenvalue weighted by Gasteiger charge is 2.09. The Morgan fingerprint density at radius 2 is 1.72 bits per heavy atom. The fraction of sp³-hybridized carbons (Fsp3) is 0.263. The summed E-state index contributed by atoms with van der Waals surface area (Å²) in [5.41, 5.74) is 3.86. The smallest absolute Gasteiger partial charge is 0.243 e. The predicted molar refractivity (Wildman–Crippen MR) is 105 cm³/mol. The van der Waals surface area contributed by atoms with Crippen LogP contribution in [0.25, 0.3) is 0 Å². The molecule has 132 valence electrons. The van der Waals surface area contributed by atoms with Gasteiger partial charge in [-0.2, -0.15) is 0 Å². The van der Waals surface area contributed by atoms with E-state index in [0.717, 1.165) is 22.4 Å². The van der Waals surface area contributed by atoms with Gasteiger partial charge >= 0.3 is 0 Å². The maximum atomic E-state index is 12.0. The largest absolute Gasteiger partial charge is 0.346 e. The number of hydrogen-bond donors (Lipinski definition) is 2. The van der Waals surface area contributed by atoms with Crippen LogP contribution in [0.5, 0.6) is 0 Å². The van der Waals surface area contributed by atoms with Crippen LogP contribution in [0.2, 0.25) is 5.02 Å². The second kappa shape index (κ2) is 9.49. The van der Waals surface area contributed by atoms with Gasteiger partial charge in [-0.15, -0.1) is 11.8 Å². The third kappa shape index (κ3) is 6.44. The Bertz CT molecular complexity index is 745. The summed E-state index contributed by atoms with van der Waals surface area (Å²) in [4.78, 5) is 23.9. The number of para-hydroxylation sites is 1. The van der Waals surface area contributed by atoms with Crippen molar-refractivity contribution in [3.05, 3.63) is 64.2 Å². The maximum absolute atomic E-state index is 12.0. The Hall–Kier alpha value is -1.98. The molecule has 25 heavy (non-hydrogen) atoms. The summed E-state index contributed by atoms with van der Waals surface area (Å²) in [7, 11) is 0. The molecule has 0 atom stereocenters. The molecule has 0 radical (unpaired) electrons. The zero-order valence-corrected chi connectivity index (χ0v) is 15.8. The van der Waals surface area contributed by atoms with Crippen LogP contribution in [0.4, 0.5) is 5.69 Å². The zero-order chi connectivity index (χ0) is 18.2. The molecule has 0 unspecified atom stereocenters. The fourth-order valence-electron chi connectivity index (χ4n) is 2.31. The van der Waals surface area contributed by atoms with E-state index in [1.807, 2.05) is 56.3 Å². The topological polar surface area (TPSA) is 58.2 Å². The molecule has 0 fully saturated rings. The number of rotatable bonds is 7. The summed E-state index contributed by atoms with van der Waals surface area (Å²) in [6.45, 7) is 3.84. The lowest BCUT2D eigenvalue weighted by atomic mass is 10.1. The summed E-state index contributed by atoms with van der Waals surface area (Å²) in [6, 6.07) is 13.4. The minimum atomic E-state index is -0.231. The standard InChI is InChI=1S/C19H21ClN2O2S/c1-13-5-3-6-14(2)19(13)22-17(23)10-21-18(24)12-25-11-15-7-4-8-16(20)9-15/h3-9H,10-12H2,1-2H3,(H,21,24)(H,22,23). The van der Waals surface area contributed by atoms with Crippen LogP contribution in [-0.2, 0) is 15.3 Å². The van der Waals surface area contributed by atoms with E-state index in [0.29, 0.717) is 16.5 Å². The Labute approximate surface area is 157 Å². The molecular formula is C19H21ClN2O2S. The number of amides is 2. The number of anilines is 1. The van der Waals surface area contributed by atoms with Crippen LogP contribution >= 0.6 is 23.4 Å². The predicted octanol–water partition coefficient (Wildman–Crippen LogP) is 3.94. The van der Waals surface area contributed by atoms with E-state index in [2.05, 4.69) is 10.6 Å². The van der Waals surface area contributed by atoms with E-state index in [1.165, 1.54) is 11.8 Å². The second-order valence-corrected chi connectivity index (χ2v) is 7.14. The van der Waals surface area contributed by atoms with Gasteiger partial charge in [0.25, 0.3) is 0 Å². The van der Waals surface area contributed by atoms with Crippen LogP contribution in [0.1, 0.15) is 16.7 Å². The van der Waals surface area contributed by atoms with Gasteiger partial charge in [0, 0.05) is 16.5 Å². The monoisotopic (exact) mass is 376 g/mol. The first kappa shape index (κ1) is 19.3. The van der Waals surface area contributed by atoms with Gasteiger partial charge in [-0.05, 0) is 42.7 Å². The van der Waals surface area contributed by atoms with Crippen molar-refractivity contribution < 1.29 is 9.59 Å². The first-order valence-corrected chi connectivity index (χ1v) is 9.44. The van der Waals surface area contributed by atoms with Crippen LogP contribution < -0.4 is 10.6 Å². The van der Waals surface area contributed by atoms with Crippen LogP contribution in [0.15, 0.2) is 42.5 Å². The molecule has 0 bridgehead atoms. The number of halogens is 1. The fourth-order valence-corrected chi connectivity index (χ4v) is 3.33. The first-order chi connectivity index (χ1) is 12.0. The minimum Gasteiger partial charge on any atom is -0.346 e. The highest BCUT2D eigenvalue weighted by Crippen LogP contribution is 2.19. The van der Waals surface area contributed by atoms with Gasteiger partial charge in [-0.1, -0.05) is 41.9 Å². The molecule has 2 aromatic rings. The van der Waals surface area contributed by atoms with Crippen LogP contribution in [0.3, 0.4) is 0 Å². The van der Waals surface area contributed by atoms with Crippen molar-refractivity contribution in [2.75, 3.05) is 17.6 Å². The minimum absolute atomic E-state index is 0.0374. The van der Waals surface area contributed by atoms with E-state index in [1.54, 1.807) is 0 Å². The molecule has 0 aliphatic rings. The first-order valence-electron chi connectivity index (χ1n) is 7.90. The lowest BCUT2D eigenvalue weighted by molar-refractivity contribution is -0.122. The highest BCUT2D eigenvalue weighted by molar-refractivity contribution is 7.99. The Morgan fingerprint density at radius 1 is 1.04 bits per heavy atom. The number of thioether (sulfide) groups is 1. The molecule has 2 aromatic carbocycles. The Kier molecular flexibility index (Phi) is 7.34. The van der Waals surface area contributed by atoms with Crippen LogP contribution in [-0.4, -0.2) is 24.1 Å². The molecule has 0 aromatic heterocycles. The van der Waals surface area contributed by atoms with Gasteiger partial charge in [0.15, 0.2) is 0 Å². The maximum Gasteiger partial charge on any atom is 0.243 e. The summed E-state index contributed by atoms with van der Waals surface area (Å²) in [6.07, 6.45) is 0. The van der Waals surface area contributed by atoms with Crippen molar-refractivity contribution in [1.29, 1.82) is 0 Å². The molecule has 0 spiro atoms. The lowest BCUT2D eigenvalue weighted by Gasteiger charge is -2.12. The van der Waals surface area contributed by atoms with Crippen molar-refractivity contribution in [3.8, 4) is 0 Å². The van der Waals surface area contributed by atoms with Gasteiger partial charge < -0.3 is 10.6 Å². The molecule has 0 aliphatic carbocycles. The molecule has 0 aliphatic heterocycles. The third-order valence-corrected chi connectivity index (χ3v) is 4.82. The van der Waals surface area contributed by atoms with Gasteiger partial charge in [0.2, 0.25) is 11.8 Å². The van der Waals surface area contributed by atoms with E-state index >= 15 is 0 Å². The molecule has 0 heterocycles. The normalized spacial score (nSPS) is 10.4. The van der Waals surface area contributed by atoms with Gasteiger partial charge in [-0.25, -0.2) is 0 Å². The summed E-state index contributed by atoms with van der Waals surface area (Å²) < 4.78 is 0. The summed E-state index contributed by atoms with van der Waals surface area (Å²) in [5.74, 6) is 0.598. The molecule has 2 amide bonds. The van der Waals surface area contributed by atoms with Crippen LogP contribution in [0, 0.1) is 13.8 Å². The molecule has 2 N–H and O–H groups in total. The molecular weight excluding hydrogens is 356 g/mol. The number of nitrogens with one attached hydrogen (secondary N) is 2. The SMILES string of the molecule is Cc1cccc(C)c1NC(=O)CNC(=O)CSCc1cccc(Cl)c1. The average Bonchev–Trinajstić information content (AvgIpc) is 2.56. The van der Waals surface area contributed by atoms with Crippen molar-refractivity contribution >= 4 is 40.9 Å². The zero-order valence-electron chi connectivity index (χ0n) is 14.3. The Morgan fingerprint density at radius 3 is 2.40 bits per heavy atom. The van der Waals surface area contributed by atoms with Gasteiger partial charge in [0.1, 0.15) is 0 Å². The molecule has 0 saturated heterocycles.